The summed E-state index contributed by atoms with van der Waals surface area (Å²) < 4.78 is 29.3. The number of hydrogen-bond acceptors (Lipinski definition) is 3. The standard InChI is InChI=1S/C20H19F2N3O3/c1-3-12(2)23-18(26)11-24-16-7-5-4-6-14(16)19(27)25(20(24)28)17-9-8-13(21)10-15(17)22/h4-10,12H,3,11H2,1-2H3,(H,23,26). The smallest absolute Gasteiger partial charge is 0.336 e. The van der Waals surface area contributed by atoms with Crippen LogP contribution < -0.4 is 16.6 Å². The van der Waals surface area contributed by atoms with Crippen LogP contribution in [0.25, 0.3) is 16.6 Å². The Morgan fingerprint density at radius 1 is 1.14 bits per heavy atom. The van der Waals surface area contributed by atoms with Crippen molar-refractivity contribution >= 4 is 16.8 Å². The normalized spacial score (nSPS) is 12.1. The van der Waals surface area contributed by atoms with Gasteiger partial charge in [0.2, 0.25) is 5.91 Å². The maximum absolute atomic E-state index is 14.3. The van der Waals surface area contributed by atoms with E-state index in [1.165, 1.54) is 6.07 Å². The van der Waals surface area contributed by atoms with E-state index >= 15 is 0 Å². The van der Waals surface area contributed by atoms with Crippen LogP contribution in [0.3, 0.4) is 0 Å². The molecule has 1 atom stereocenters. The van der Waals surface area contributed by atoms with Gasteiger partial charge >= 0.3 is 5.69 Å². The minimum absolute atomic E-state index is 0.0880. The summed E-state index contributed by atoms with van der Waals surface area (Å²) in [5.41, 5.74) is -1.74. The zero-order chi connectivity index (χ0) is 20.4. The van der Waals surface area contributed by atoms with Crippen molar-refractivity contribution in [1.82, 2.24) is 14.5 Å². The number of rotatable bonds is 5. The van der Waals surface area contributed by atoms with Crippen LogP contribution >= 0.6 is 0 Å². The first kappa shape index (κ1) is 19.5. The molecule has 6 nitrogen and oxygen atoms in total. The number of carbonyl (C=O) groups excluding carboxylic acids is 1. The fourth-order valence-electron chi connectivity index (χ4n) is 2.91. The molecule has 1 unspecified atom stereocenters. The second-order valence-corrected chi connectivity index (χ2v) is 6.50. The van der Waals surface area contributed by atoms with E-state index in [-0.39, 0.29) is 29.2 Å². The van der Waals surface area contributed by atoms with Gasteiger partial charge in [-0.2, -0.15) is 0 Å². The molecule has 0 saturated heterocycles. The monoisotopic (exact) mass is 387 g/mol. The van der Waals surface area contributed by atoms with Gasteiger partial charge in [-0.25, -0.2) is 18.1 Å². The third kappa shape index (κ3) is 3.58. The Bertz CT molecular complexity index is 1170. The average Bonchev–Trinajstić information content (AvgIpc) is 2.66. The van der Waals surface area contributed by atoms with E-state index < -0.39 is 28.8 Å². The zero-order valence-corrected chi connectivity index (χ0v) is 15.4. The highest BCUT2D eigenvalue weighted by atomic mass is 19.1. The molecule has 8 heteroatoms. The number of para-hydroxylation sites is 1. The molecule has 28 heavy (non-hydrogen) atoms. The molecule has 1 amide bonds. The van der Waals surface area contributed by atoms with Gasteiger partial charge in [0, 0.05) is 12.1 Å². The molecule has 0 fully saturated rings. The molecule has 146 valence electrons. The second-order valence-electron chi connectivity index (χ2n) is 6.50. The first-order chi connectivity index (χ1) is 13.3. The summed E-state index contributed by atoms with van der Waals surface area (Å²) in [6.07, 6.45) is 0.710. The summed E-state index contributed by atoms with van der Waals surface area (Å²) in [5, 5.41) is 2.89. The Morgan fingerprint density at radius 2 is 1.86 bits per heavy atom. The molecule has 0 aliphatic rings. The van der Waals surface area contributed by atoms with Crippen molar-refractivity contribution in [2.75, 3.05) is 0 Å². The van der Waals surface area contributed by atoms with Crippen molar-refractivity contribution < 1.29 is 13.6 Å². The molecule has 0 aliphatic carbocycles. The molecule has 1 N–H and O–H groups in total. The lowest BCUT2D eigenvalue weighted by Gasteiger charge is -2.16. The van der Waals surface area contributed by atoms with Crippen LogP contribution in [0.4, 0.5) is 8.78 Å². The highest BCUT2D eigenvalue weighted by Crippen LogP contribution is 2.14. The van der Waals surface area contributed by atoms with Crippen LogP contribution in [0.1, 0.15) is 20.3 Å². The first-order valence-corrected chi connectivity index (χ1v) is 8.82. The number of fused-ring (bicyclic) bond motifs is 1. The SMILES string of the molecule is CCC(C)NC(=O)Cn1c(=O)n(-c2ccc(F)cc2F)c(=O)c2ccccc21. The minimum Gasteiger partial charge on any atom is -0.352 e. The molecule has 1 heterocycles. The van der Waals surface area contributed by atoms with Crippen molar-refractivity contribution in [3.63, 3.8) is 0 Å². The van der Waals surface area contributed by atoms with Crippen molar-refractivity contribution in [2.24, 2.45) is 0 Å². The summed E-state index contributed by atoms with van der Waals surface area (Å²) in [4.78, 5) is 38.2. The lowest BCUT2D eigenvalue weighted by Crippen LogP contribution is -2.43. The number of halogens is 2. The fraction of sp³-hybridized carbons (Fsp3) is 0.250. The van der Waals surface area contributed by atoms with Crippen molar-refractivity contribution in [2.45, 2.75) is 32.9 Å². The summed E-state index contributed by atoms with van der Waals surface area (Å²) in [6, 6.07) is 8.74. The van der Waals surface area contributed by atoms with Gasteiger partial charge in [0.1, 0.15) is 18.2 Å². The molecule has 0 radical (unpaired) electrons. The van der Waals surface area contributed by atoms with Gasteiger partial charge in [0.25, 0.3) is 5.56 Å². The Balaban J connectivity index is 2.25. The number of nitrogens with zero attached hydrogens (tertiary/aromatic N) is 2. The van der Waals surface area contributed by atoms with Crippen LogP contribution in [-0.4, -0.2) is 21.1 Å². The molecule has 0 spiro atoms. The van der Waals surface area contributed by atoms with Crippen LogP contribution in [0.15, 0.2) is 52.1 Å². The van der Waals surface area contributed by atoms with E-state index in [4.69, 9.17) is 0 Å². The van der Waals surface area contributed by atoms with Gasteiger partial charge in [0.15, 0.2) is 0 Å². The van der Waals surface area contributed by atoms with Crippen molar-refractivity contribution in [3.8, 4) is 5.69 Å². The number of hydrogen-bond donors (Lipinski definition) is 1. The summed E-state index contributed by atoms with van der Waals surface area (Å²) in [6.45, 7) is 3.39. The predicted molar refractivity (Wildman–Crippen MR) is 102 cm³/mol. The van der Waals surface area contributed by atoms with Crippen LogP contribution in [-0.2, 0) is 11.3 Å². The van der Waals surface area contributed by atoms with Crippen LogP contribution in [0, 0.1) is 11.6 Å². The highest BCUT2D eigenvalue weighted by molar-refractivity contribution is 5.82. The molecule has 0 bridgehead atoms. The quantitative estimate of drug-likeness (QED) is 0.730. The maximum atomic E-state index is 14.3. The molecular weight excluding hydrogens is 368 g/mol. The molecule has 3 aromatic rings. The number of nitrogens with one attached hydrogen (secondary N) is 1. The molecule has 0 saturated carbocycles. The van der Waals surface area contributed by atoms with E-state index in [1.807, 2.05) is 13.8 Å². The van der Waals surface area contributed by atoms with Gasteiger partial charge in [-0.05, 0) is 37.6 Å². The Labute approximate surface area is 159 Å². The summed E-state index contributed by atoms with van der Waals surface area (Å²) in [7, 11) is 0. The molecule has 1 aromatic heterocycles. The maximum Gasteiger partial charge on any atom is 0.336 e. The molecular formula is C20H19F2N3O3. The van der Waals surface area contributed by atoms with Gasteiger partial charge in [-0.1, -0.05) is 19.1 Å². The molecule has 3 rings (SSSR count). The lowest BCUT2D eigenvalue weighted by molar-refractivity contribution is -0.122. The average molecular weight is 387 g/mol. The second kappa shape index (κ2) is 7.75. The van der Waals surface area contributed by atoms with Gasteiger partial charge in [-0.15, -0.1) is 0 Å². The zero-order valence-electron chi connectivity index (χ0n) is 15.4. The number of aromatic nitrogens is 2. The first-order valence-electron chi connectivity index (χ1n) is 8.82. The fourth-order valence-corrected chi connectivity index (χ4v) is 2.91. The van der Waals surface area contributed by atoms with E-state index in [9.17, 15) is 23.2 Å². The summed E-state index contributed by atoms with van der Waals surface area (Å²) >= 11 is 0. The van der Waals surface area contributed by atoms with E-state index in [2.05, 4.69) is 5.32 Å². The van der Waals surface area contributed by atoms with E-state index in [0.29, 0.717) is 17.1 Å². The van der Waals surface area contributed by atoms with Crippen molar-refractivity contribution in [3.05, 3.63) is 74.9 Å². The topological polar surface area (TPSA) is 73.1 Å². The molecule has 0 aliphatic heterocycles. The van der Waals surface area contributed by atoms with Crippen molar-refractivity contribution in [1.29, 1.82) is 0 Å². The van der Waals surface area contributed by atoms with E-state index in [0.717, 1.165) is 16.7 Å². The number of benzene rings is 2. The molecule has 2 aromatic carbocycles. The summed E-state index contributed by atoms with van der Waals surface area (Å²) in [5.74, 6) is -2.29. The third-order valence-corrected chi connectivity index (χ3v) is 4.52. The van der Waals surface area contributed by atoms with E-state index in [1.54, 1.807) is 18.2 Å². The minimum atomic E-state index is -1.05. The van der Waals surface area contributed by atoms with Gasteiger partial charge in [0.05, 0.1) is 16.6 Å². The van der Waals surface area contributed by atoms with Crippen LogP contribution in [0.5, 0.6) is 0 Å². The number of carbonyl (C=O) groups is 1. The van der Waals surface area contributed by atoms with Crippen LogP contribution in [0.2, 0.25) is 0 Å². The Morgan fingerprint density at radius 3 is 2.54 bits per heavy atom. The largest absolute Gasteiger partial charge is 0.352 e. The highest BCUT2D eigenvalue weighted by Gasteiger charge is 2.19. The predicted octanol–water partition coefficient (Wildman–Crippen LogP) is 2.35. The third-order valence-electron chi connectivity index (χ3n) is 4.52. The lowest BCUT2D eigenvalue weighted by atomic mass is 10.2. The number of amides is 1. The van der Waals surface area contributed by atoms with Gasteiger partial charge in [-0.3, -0.25) is 14.2 Å². The van der Waals surface area contributed by atoms with Gasteiger partial charge < -0.3 is 5.32 Å². The Hall–Kier alpha value is -3.29. The Kier molecular flexibility index (Phi) is 5.39.